The summed E-state index contributed by atoms with van der Waals surface area (Å²) in [6.45, 7) is 4.42. The predicted molar refractivity (Wildman–Crippen MR) is 167 cm³/mol. The number of hydrogen-bond donors (Lipinski definition) is 0. The largest absolute Gasteiger partial charge is 0.420 e. The van der Waals surface area contributed by atoms with Crippen LogP contribution in [-0.4, -0.2) is 5.97 Å². The first kappa shape index (κ1) is 32.5. The summed E-state index contributed by atoms with van der Waals surface area (Å²) in [5.41, 5.74) is 3.54. The summed E-state index contributed by atoms with van der Waals surface area (Å²) < 4.78 is 34.7. The molecule has 0 aliphatic heterocycles. The molecule has 2 nitrogen and oxygen atoms in total. The zero-order valence-electron chi connectivity index (χ0n) is 25.2. The predicted octanol–water partition coefficient (Wildman–Crippen LogP) is 11.4. The van der Waals surface area contributed by atoms with Gasteiger partial charge in [0.15, 0.2) is 11.6 Å². The van der Waals surface area contributed by atoms with Crippen molar-refractivity contribution in [1.82, 2.24) is 0 Å². The van der Waals surface area contributed by atoms with Crippen LogP contribution in [0.2, 0.25) is 0 Å². The van der Waals surface area contributed by atoms with Gasteiger partial charge >= 0.3 is 5.97 Å². The number of carbonyl (C=O) groups is 1. The highest BCUT2D eigenvalue weighted by atomic mass is 19.1. The highest BCUT2D eigenvalue weighted by molar-refractivity contribution is 5.91. The smallest absolute Gasteiger partial charge is 0.343 e. The average molecular weight is 563 g/mol. The number of aryl methyl sites for hydroxylation is 2. The lowest BCUT2D eigenvalue weighted by molar-refractivity contribution is 0.0728. The van der Waals surface area contributed by atoms with E-state index in [2.05, 4.69) is 13.8 Å². The third kappa shape index (κ3) is 11.4. The highest BCUT2D eigenvalue weighted by Crippen LogP contribution is 2.25. The molecule has 0 heterocycles. The van der Waals surface area contributed by atoms with Gasteiger partial charge in [0.25, 0.3) is 0 Å². The van der Waals surface area contributed by atoms with Crippen LogP contribution in [0.1, 0.15) is 125 Å². The molecule has 3 aromatic rings. The van der Waals surface area contributed by atoms with Crippen molar-refractivity contribution in [3.05, 3.63) is 89.0 Å². The van der Waals surface area contributed by atoms with Crippen LogP contribution in [-0.2, 0) is 12.8 Å². The molecule has 0 aliphatic carbocycles. The van der Waals surface area contributed by atoms with Crippen LogP contribution < -0.4 is 4.74 Å². The number of esters is 1. The van der Waals surface area contributed by atoms with Crippen molar-refractivity contribution in [1.29, 1.82) is 0 Å². The molecule has 222 valence electrons. The third-order valence-electron chi connectivity index (χ3n) is 7.82. The first-order valence-electron chi connectivity index (χ1n) is 15.9. The fourth-order valence-corrected chi connectivity index (χ4v) is 5.23. The first-order valence-corrected chi connectivity index (χ1v) is 15.9. The molecule has 41 heavy (non-hydrogen) atoms. The molecule has 0 N–H and O–H groups in total. The van der Waals surface area contributed by atoms with Crippen molar-refractivity contribution in [3.63, 3.8) is 0 Å². The zero-order chi connectivity index (χ0) is 29.3. The molecule has 0 aliphatic rings. The van der Waals surface area contributed by atoms with E-state index in [9.17, 15) is 13.6 Å². The minimum Gasteiger partial charge on any atom is -0.420 e. The van der Waals surface area contributed by atoms with Crippen molar-refractivity contribution in [2.75, 3.05) is 0 Å². The van der Waals surface area contributed by atoms with Gasteiger partial charge in [0.1, 0.15) is 5.82 Å². The molecule has 0 radical (unpaired) electrons. The molecule has 0 atom stereocenters. The Balaban J connectivity index is 1.45. The SMILES string of the molecule is CCCCCCCCCCCc1ccc(OC(=O)c2ccc(-c3ccc(CCCCCCC)c(F)c3)cc2)c(F)c1. The van der Waals surface area contributed by atoms with E-state index in [-0.39, 0.29) is 11.6 Å². The summed E-state index contributed by atoms with van der Waals surface area (Å²) in [5.74, 6) is -1.41. The zero-order valence-corrected chi connectivity index (χ0v) is 25.2. The maximum Gasteiger partial charge on any atom is 0.343 e. The molecule has 0 spiro atoms. The van der Waals surface area contributed by atoms with Gasteiger partial charge in [0.2, 0.25) is 0 Å². The molecule has 0 aromatic heterocycles. The summed E-state index contributed by atoms with van der Waals surface area (Å²) >= 11 is 0. The summed E-state index contributed by atoms with van der Waals surface area (Å²) in [5, 5.41) is 0. The van der Waals surface area contributed by atoms with E-state index >= 15 is 0 Å². The van der Waals surface area contributed by atoms with Crippen molar-refractivity contribution in [3.8, 4) is 16.9 Å². The molecule has 0 saturated carbocycles. The molecule has 0 fully saturated rings. The Morgan fingerprint density at radius 1 is 0.585 bits per heavy atom. The maximum absolute atomic E-state index is 14.7. The Morgan fingerprint density at radius 2 is 1.15 bits per heavy atom. The Kier molecular flexibility index (Phi) is 14.6. The number of ether oxygens (including phenoxy) is 1. The van der Waals surface area contributed by atoms with Gasteiger partial charge in [0.05, 0.1) is 5.56 Å². The summed E-state index contributed by atoms with van der Waals surface area (Å²) in [4.78, 5) is 12.7. The molecule has 0 saturated heterocycles. The molecule has 3 rings (SSSR count). The lowest BCUT2D eigenvalue weighted by Gasteiger charge is -2.09. The second kappa shape index (κ2) is 18.4. The van der Waals surface area contributed by atoms with Crippen LogP contribution in [0.15, 0.2) is 60.7 Å². The lowest BCUT2D eigenvalue weighted by Crippen LogP contribution is -2.09. The normalized spacial score (nSPS) is 11.1. The van der Waals surface area contributed by atoms with Gasteiger partial charge in [-0.3, -0.25) is 0 Å². The molecule has 4 heteroatoms. The standard InChI is InChI=1S/C37H48F2O2/c1-3-5-7-9-10-11-12-14-15-17-29-19-26-36(35(39)27-29)41-37(40)32-23-20-30(21-24-32)33-25-22-31(34(38)28-33)18-16-13-8-6-4-2/h19-28H,3-18H2,1-2H3. The van der Waals surface area contributed by atoms with E-state index in [1.54, 1.807) is 36.4 Å². The molecule has 0 unspecified atom stereocenters. The van der Waals surface area contributed by atoms with E-state index in [0.29, 0.717) is 5.56 Å². The van der Waals surface area contributed by atoms with Gasteiger partial charge in [-0.2, -0.15) is 0 Å². The molecular formula is C37H48F2O2. The number of hydrogen-bond acceptors (Lipinski definition) is 2. The second-order valence-electron chi connectivity index (χ2n) is 11.3. The minimum atomic E-state index is -0.619. The van der Waals surface area contributed by atoms with E-state index in [1.807, 2.05) is 18.2 Å². The summed E-state index contributed by atoms with van der Waals surface area (Å²) in [6.07, 6.45) is 18.6. The fraction of sp³-hybridized carbons (Fsp3) is 0.486. The number of carbonyl (C=O) groups excluding carboxylic acids is 1. The van der Waals surface area contributed by atoms with Gasteiger partial charge in [-0.25, -0.2) is 13.6 Å². The van der Waals surface area contributed by atoms with Crippen LogP contribution in [0.25, 0.3) is 11.1 Å². The minimum absolute atomic E-state index is 0.0674. The third-order valence-corrected chi connectivity index (χ3v) is 7.82. The van der Waals surface area contributed by atoms with E-state index in [1.165, 1.54) is 70.3 Å². The summed E-state index contributed by atoms with van der Waals surface area (Å²) in [6, 6.07) is 17.0. The maximum atomic E-state index is 14.7. The van der Waals surface area contributed by atoms with E-state index in [0.717, 1.165) is 60.8 Å². The van der Waals surface area contributed by atoms with Crippen molar-refractivity contribution in [2.45, 2.75) is 117 Å². The Morgan fingerprint density at radius 3 is 1.73 bits per heavy atom. The van der Waals surface area contributed by atoms with E-state index < -0.39 is 11.8 Å². The van der Waals surface area contributed by atoms with Gasteiger partial charge < -0.3 is 4.74 Å². The number of halogens is 2. The number of unbranched alkanes of at least 4 members (excludes halogenated alkanes) is 12. The van der Waals surface area contributed by atoms with Crippen molar-refractivity contribution in [2.24, 2.45) is 0 Å². The quantitative estimate of drug-likeness (QED) is 0.0825. The summed E-state index contributed by atoms with van der Waals surface area (Å²) in [7, 11) is 0. The van der Waals surface area contributed by atoms with Gasteiger partial charge in [0, 0.05) is 0 Å². The van der Waals surface area contributed by atoms with Gasteiger partial charge in [-0.15, -0.1) is 0 Å². The topological polar surface area (TPSA) is 26.3 Å². The average Bonchev–Trinajstić information content (AvgIpc) is 2.98. The molecule has 3 aromatic carbocycles. The monoisotopic (exact) mass is 562 g/mol. The van der Waals surface area contributed by atoms with Crippen LogP contribution in [0, 0.1) is 11.6 Å². The lowest BCUT2D eigenvalue weighted by atomic mass is 9.99. The molecular weight excluding hydrogens is 514 g/mol. The Bertz CT molecular complexity index is 1190. The van der Waals surface area contributed by atoms with Gasteiger partial charge in [-0.1, -0.05) is 121 Å². The molecule has 0 bridgehead atoms. The van der Waals surface area contributed by atoms with Crippen LogP contribution in [0.4, 0.5) is 8.78 Å². The number of benzene rings is 3. The van der Waals surface area contributed by atoms with Crippen molar-refractivity contribution >= 4 is 5.97 Å². The first-order chi connectivity index (χ1) is 20.0. The highest BCUT2D eigenvalue weighted by Gasteiger charge is 2.13. The fourth-order valence-electron chi connectivity index (χ4n) is 5.23. The van der Waals surface area contributed by atoms with Crippen LogP contribution in [0.5, 0.6) is 5.75 Å². The van der Waals surface area contributed by atoms with Crippen LogP contribution >= 0.6 is 0 Å². The molecule has 0 amide bonds. The van der Waals surface area contributed by atoms with Crippen LogP contribution in [0.3, 0.4) is 0 Å². The number of rotatable bonds is 19. The Labute approximate surface area is 246 Å². The van der Waals surface area contributed by atoms with Crippen molar-refractivity contribution < 1.29 is 18.3 Å². The second-order valence-corrected chi connectivity index (χ2v) is 11.3. The van der Waals surface area contributed by atoms with E-state index in [4.69, 9.17) is 4.74 Å². The Hall–Kier alpha value is -3.01. The van der Waals surface area contributed by atoms with Gasteiger partial charge in [-0.05, 0) is 78.3 Å².